The SMILES string of the molecule is C.CC1CCC(C=O)CC1.CCS(=O)(=O)c1ccc(CNC(=O)c2cnc3c(c2)CN(CC2CCC(C)CC2)[C@H]3C(C)C)nc1.CCS(=O)(=O)c1ccc(CNC(=O)c2cnc3c(c2)CN(CC2CCC(C)CC2)[C@H]3C(C)C)nc1.CCS(=O)(=O)c1ccc(CNC(=O)c2cnc3c(c2)CN[C@H]3C(C)C)nc1. The van der Waals surface area contributed by atoms with Crippen molar-refractivity contribution in [2.24, 2.45) is 53.3 Å². The molecular weight excluding hydrogens is 1410 g/mol. The van der Waals surface area contributed by atoms with Crippen molar-refractivity contribution >= 4 is 53.5 Å². The average Bonchev–Trinajstić information content (AvgIpc) is 1.64. The zero-order valence-electron chi connectivity index (χ0n) is 64.3. The van der Waals surface area contributed by atoms with Gasteiger partial charge in [0.1, 0.15) is 6.29 Å². The molecule has 3 fully saturated rings. The fourth-order valence-electron chi connectivity index (χ4n) is 15.3. The number of hydrogen-bond acceptors (Lipinski definition) is 19. The first-order valence-electron chi connectivity index (χ1n) is 38.5. The van der Waals surface area contributed by atoms with E-state index in [4.69, 9.17) is 9.97 Å². The summed E-state index contributed by atoms with van der Waals surface area (Å²) in [5.74, 6) is 5.25. The van der Waals surface area contributed by atoms with Crippen molar-refractivity contribution in [3.05, 3.63) is 159 Å². The monoisotopic (exact) mass is 1530 g/mol. The van der Waals surface area contributed by atoms with E-state index in [1.165, 1.54) is 101 Å². The lowest BCUT2D eigenvalue weighted by molar-refractivity contribution is -0.112. The Morgan fingerprint density at radius 1 is 0.458 bits per heavy atom. The molecule has 584 valence electrons. The Bertz CT molecular complexity index is 4110. The van der Waals surface area contributed by atoms with Crippen LogP contribution in [0.4, 0.5) is 0 Å². The lowest BCUT2D eigenvalue weighted by Gasteiger charge is -2.34. The summed E-state index contributed by atoms with van der Waals surface area (Å²) in [6.45, 7) is 30.3. The van der Waals surface area contributed by atoms with E-state index in [1.807, 2.05) is 18.2 Å². The summed E-state index contributed by atoms with van der Waals surface area (Å²) in [5.41, 5.74) is 9.97. The normalized spacial score (nSPS) is 22.1. The number of rotatable bonds is 23. The summed E-state index contributed by atoms with van der Waals surface area (Å²) in [4.78, 5) is 80.6. The Kier molecular flexibility index (Phi) is 31.0. The molecular formula is C82H118N12O10S3. The summed E-state index contributed by atoms with van der Waals surface area (Å²) in [6.07, 6.45) is 25.4. The predicted octanol–water partition coefficient (Wildman–Crippen LogP) is 13.7. The second-order valence-electron chi connectivity index (χ2n) is 31.3. The molecule has 9 heterocycles. The second-order valence-corrected chi connectivity index (χ2v) is 38.1. The van der Waals surface area contributed by atoms with Gasteiger partial charge in [0.15, 0.2) is 29.5 Å². The summed E-state index contributed by atoms with van der Waals surface area (Å²) in [5, 5.41) is 12.0. The minimum atomic E-state index is -3.28. The zero-order chi connectivity index (χ0) is 76.6. The fourth-order valence-corrected chi connectivity index (χ4v) is 17.8. The van der Waals surface area contributed by atoms with Crippen LogP contribution >= 0.6 is 0 Å². The third kappa shape index (κ3) is 22.9. The Morgan fingerprint density at radius 2 is 0.785 bits per heavy atom. The molecule has 107 heavy (non-hydrogen) atoms. The largest absolute Gasteiger partial charge is 0.346 e. The number of aldehydes is 1. The van der Waals surface area contributed by atoms with Gasteiger partial charge in [0.25, 0.3) is 17.7 Å². The van der Waals surface area contributed by atoms with Crippen LogP contribution in [0.3, 0.4) is 0 Å². The van der Waals surface area contributed by atoms with Crippen LogP contribution in [0, 0.1) is 53.3 Å². The Balaban J connectivity index is 0.000000191. The van der Waals surface area contributed by atoms with Crippen LogP contribution in [0.1, 0.15) is 268 Å². The highest BCUT2D eigenvalue weighted by Gasteiger charge is 2.38. The van der Waals surface area contributed by atoms with Crippen LogP contribution in [0.2, 0.25) is 0 Å². The number of nitrogens with zero attached hydrogens (tertiary/aromatic N) is 8. The van der Waals surface area contributed by atoms with Crippen molar-refractivity contribution in [1.29, 1.82) is 0 Å². The van der Waals surface area contributed by atoms with Gasteiger partial charge in [-0.25, -0.2) is 25.3 Å². The molecule has 3 aliphatic carbocycles. The van der Waals surface area contributed by atoms with Crippen molar-refractivity contribution in [3.8, 4) is 0 Å². The van der Waals surface area contributed by atoms with Crippen LogP contribution in [0.5, 0.6) is 0 Å². The molecule has 12 rings (SSSR count). The van der Waals surface area contributed by atoms with E-state index >= 15 is 0 Å². The Morgan fingerprint density at radius 3 is 1.08 bits per heavy atom. The van der Waals surface area contributed by atoms with Crippen LogP contribution in [-0.2, 0) is 73.6 Å². The van der Waals surface area contributed by atoms with Crippen molar-refractivity contribution in [1.82, 2.24) is 61.0 Å². The quantitative estimate of drug-likeness (QED) is 0.0433. The molecule has 6 aromatic rings. The lowest BCUT2D eigenvalue weighted by Crippen LogP contribution is -2.32. The smallest absolute Gasteiger partial charge is 0.253 e. The summed E-state index contributed by atoms with van der Waals surface area (Å²) < 4.78 is 71.4. The van der Waals surface area contributed by atoms with Gasteiger partial charge in [-0.2, -0.15) is 0 Å². The third-order valence-corrected chi connectivity index (χ3v) is 27.2. The highest BCUT2D eigenvalue weighted by molar-refractivity contribution is 7.92. The van der Waals surface area contributed by atoms with Gasteiger partial charge in [-0.3, -0.25) is 54.1 Å². The third-order valence-electron chi connectivity index (χ3n) is 22.0. The molecule has 4 N–H and O–H groups in total. The molecule has 3 aliphatic heterocycles. The first-order chi connectivity index (χ1) is 50.5. The van der Waals surface area contributed by atoms with Crippen LogP contribution < -0.4 is 21.3 Å². The maximum atomic E-state index is 12.8. The molecule has 0 unspecified atom stereocenters. The maximum absolute atomic E-state index is 12.8. The molecule has 0 saturated heterocycles. The number of sulfone groups is 3. The molecule has 0 bridgehead atoms. The molecule has 3 atom stereocenters. The molecule has 3 amide bonds. The molecule has 0 aromatic carbocycles. The molecule has 25 heteroatoms. The topological polar surface area (TPSA) is 303 Å². The molecule has 6 aromatic heterocycles. The van der Waals surface area contributed by atoms with E-state index in [0.29, 0.717) is 76.1 Å². The first kappa shape index (κ1) is 85.3. The van der Waals surface area contributed by atoms with Crippen LogP contribution in [0.25, 0.3) is 0 Å². The Hall–Kier alpha value is -7.29. The van der Waals surface area contributed by atoms with E-state index in [1.54, 1.807) is 57.6 Å². The predicted molar refractivity (Wildman–Crippen MR) is 419 cm³/mol. The summed E-state index contributed by atoms with van der Waals surface area (Å²) >= 11 is 0. The van der Waals surface area contributed by atoms with E-state index in [9.17, 15) is 44.4 Å². The van der Waals surface area contributed by atoms with Gasteiger partial charge in [-0.1, -0.05) is 129 Å². The van der Waals surface area contributed by atoms with Crippen LogP contribution in [0.15, 0.2) is 106 Å². The maximum Gasteiger partial charge on any atom is 0.253 e. The number of fused-ring (bicyclic) bond motifs is 3. The fraction of sp³-hybridized carbons (Fsp3) is 0.585. The second kappa shape index (κ2) is 38.9. The number of amides is 3. The van der Waals surface area contributed by atoms with Crippen molar-refractivity contribution in [2.45, 2.75) is 240 Å². The van der Waals surface area contributed by atoms with Crippen molar-refractivity contribution < 1.29 is 44.4 Å². The van der Waals surface area contributed by atoms with Crippen molar-refractivity contribution in [3.63, 3.8) is 0 Å². The Labute approximate surface area is 637 Å². The number of hydrogen-bond donors (Lipinski definition) is 4. The molecule has 3 saturated carbocycles. The number of aromatic nitrogens is 6. The number of pyridine rings is 6. The zero-order valence-corrected chi connectivity index (χ0v) is 66.8. The molecule has 0 spiro atoms. The lowest BCUT2D eigenvalue weighted by atomic mass is 9.82. The molecule has 22 nitrogen and oxygen atoms in total. The van der Waals surface area contributed by atoms with E-state index in [-0.39, 0.29) is 82.8 Å². The minimum absolute atomic E-state index is 0. The van der Waals surface area contributed by atoms with E-state index < -0.39 is 29.5 Å². The van der Waals surface area contributed by atoms with Crippen molar-refractivity contribution in [2.75, 3.05) is 30.3 Å². The minimum Gasteiger partial charge on any atom is -0.346 e. The number of nitrogens with one attached hydrogen (secondary N) is 4. The molecule has 6 aliphatic rings. The number of carbonyl (C=O) groups is 4. The standard InChI is InChI=1S/2C27H38N4O3S.C19H24N4O3S.C8H14O.CH4/c2*1-5-35(33,34)24-11-10-23(28-15-24)14-30-27(32)21-12-22-17-31(16-20-8-6-19(4)7-9-20)26(18(2)3)25(22)29-13-21;1-4-27(25,26)16-6-5-15(20-11-16)10-23-19(24)14-7-13-8-21-17(12(2)3)18(13)22-9-14;1-7-2-4-8(6-9)5-3-7;/h2*10-13,15,18-20,26H,5-9,14,16-17H2,1-4H3,(H,30,32);5-7,9,11-12,17,21H,4,8,10H2,1-3H3,(H,23,24);6-8H,2-5H2,1H3;1H4/t2*19?,20?,26-;17-;;/m000../s1. The van der Waals surface area contributed by atoms with Gasteiger partial charge in [0.05, 0.1) is 121 Å². The van der Waals surface area contributed by atoms with Gasteiger partial charge in [-0.15, -0.1) is 0 Å². The highest BCUT2D eigenvalue weighted by atomic mass is 32.2. The van der Waals surface area contributed by atoms with E-state index in [2.05, 4.69) is 113 Å². The first-order valence-corrected chi connectivity index (χ1v) is 43.5. The highest BCUT2D eigenvalue weighted by Crippen LogP contribution is 2.42. The van der Waals surface area contributed by atoms with E-state index in [0.717, 1.165) is 109 Å². The van der Waals surface area contributed by atoms with Gasteiger partial charge < -0.3 is 26.1 Å². The summed E-state index contributed by atoms with van der Waals surface area (Å²) in [6, 6.07) is 16.1. The van der Waals surface area contributed by atoms with Crippen LogP contribution in [-0.4, -0.2) is 119 Å². The average molecular weight is 1530 g/mol. The van der Waals surface area contributed by atoms with Gasteiger partial charge in [0, 0.05) is 75.8 Å². The molecule has 0 radical (unpaired) electrons. The van der Waals surface area contributed by atoms with Gasteiger partial charge >= 0.3 is 0 Å². The summed E-state index contributed by atoms with van der Waals surface area (Å²) in [7, 11) is -9.84. The van der Waals surface area contributed by atoms with Gasteiger partial charge in [0.2, 0.25) is 0 Å². The van der Waals surface area contributed by atoms with Gasteiger partial charge in [-0.05, 0) is 157 Å². The number of carbonyl (C=O) groups excluding carboxylic acids is 4.